The molecule has 2 rings (SSSR count). The molecule has 0 bridgehead atoms. The Morgan fingerprint density at radius 3 is 3.00 bits per heavy atom. The molecule has 1 saturated carbocycles. The first-order valence-electron chi connectivity index (χ1n) is 5.76. The van der Waals surface area contributed by atoms with Crippen molar-refractivity contribution >= 4 is 17.2 Å². The van der Waals surface area contributed by atoms with Gasteiger partial charge in [-0.05, 0) is 36.6 Å². The SMILES string of the molecule is CC1CCC(NC(=O)C(N)c2cccs2)C1. The van der Waals surface area contributed by atoms with Crippen LogP contribution < -0.4 is 11.1 Å². The van der Waals surface area contributed by atoms with E-state index in [1.807, 2.05) is 17.5 Å². The Hall–Kier alpha value is -0.870. The summed E-state index contributed by atoms with van der Waals surface area (Å²) in [6.07, 6.45) is 3.38. The molecule has 1 fully saturated rings. The fraction of sp³-hybridized carbons (Fsp3) is 0.583. The summed E-state index contributed by atoms with van der Waals surface area (Å²) in [5.74, 6) is 0.685. The van der Waals surface area contributed by atoms with Crippen molar-refractivity contribution in [2.45, 2.75) is 38.3 Å². The molecule has 0 aromatic carbocycles. The lowest BCUT2D eigenvalue weighted by Crippen LogP contribution is -2.39. The zero-order valence-electron chi connectivity index (χ0n) is 9.48. The lowest BCUT2D eigenvalue weighted by atomic mass is 10.1. The minimum atomic E-state index is -0.504. The predicted octanol–water partition coefficient (Wildman–Crippen LogP) is 2.05. The van der Waals surface area contributed by atoms with Crippen molar-refractivity contribution in [3.05, 3.63) is 22.4 Å². The fourth-order valence-electron chi connectivity index (χ4n) is 2.23. The number of nitrogens with two attached hydrogens (primary N) is 1. The van der Waals surface area contributed by atoms with Crippen molar-refractivity contribution in [2.75, 3.05) is 0 Å². The van der Waals surface area contributed by atoms with E-state index in [0.29, 0.717) is 6.04 Å². The average Bonchev–Trinajstić information content (AvgIpc) is 2.88. The summed E-state index contributed by atoms with van der Waals surface area (Å²) in [6.45, 7) is 2.23. The Kier molecular flexibility index (Phi) is 3.61. The van der Waals surface area contributed by atoms with E-state index in [9.17, 15) is 4.79 Å². The molecule has 1 heterocycles. The molecule has 1 aliphatic carbocycles. The molecule has 1 aliphatic rings. The van der Waals surface area contributed by atoms with E-state index in [0.717, 1.165) is 23.6 Å². The van der Waals surface area contributed by atoms with E-state index in [1.54, 1.807) is 0 Å². The summed E-state index contributed by atoms with van der Waals surface area (Å²) in [5.41, 5.74) is 5.89. The van der Waals surface area contributed by atoms with Gasteiger partial charge in [-0.2, -0.15) is 0 Å². The molecule has 4 heteroatoms. The van der Waals surface area contributed by atoms with Gasteiger partial charge in [0.25, 0.3) is 0 Å². The standard InChI is InChI=1S/C12H18N2OS/c1-8-4-5-9(7-8)14-12(15)11(13)10-3-2-6-16-10/h2-3,6,8-9,11H,4-5,7,13H2,1H3,(H,14,15). The number of thiophene rings is 1. The molecule has 1 aromatic heterocycles. The average molecular weight is 238 g/mol. The summed E-state index contributed by atoms with van der Waals surface area (Å²) >= 11 is 1.53. The third-order valence-corrected chi connectivity index (χ3v) is 4.13. The van der Waals surface area contributed by atoms with Crippen LogP contribution in [-0.2, 0) is 4.79 Å². The minimum Gasteiger partial charge on any atom is -0.352 e. The van der Waals surface area contributed by atoms with E-state index in [-0.39, 0.29) is 5.91 Å². The van der Waals surface area contributed by atoms with Crippen LogP contribution >= 0.6 is 11.3 Å². The first-order valence-corrected chi connectivity index (χ1v) is 6.64. The maximum atomic E-state index is 11.9. The smallest absolute Gasteiger partial charge is 0.242 e. The minimum absolute atomic E-state index is 0.0402. The molecule has 0 aliphatic heterocycles. The molecule has 0 spiro atoms. The molecular weight excluding hydrogens is 220 g/mol. The number of amides is 1. The lowest BCUT2D eigenvalue weighted by molar-refractivity contribution is -0.123. The van der Waals surface area contributed by atoms with E-state index < -0.39 is 6.04 Å². The number of carbonyl (C=O) groups excluding carboxylic acids is 1. The van der Waals surface area contributed by atoms with E-state index in [4.69, 9.17) is 5.73 Å². The molecule has 0 saturated heterocycles. The highest BCUT2D eigenvalue weighted by Gasteiger charge is 2.25. The van der Waals surface area contributed by atoms with E-state index in [2.05, 4.69) is 12.2 Å². The molecule has 1 aromatic rings. The van der Waals surface area contributed by atoms with Gasteiger partial charge in [-0.25, -0.2) is 0 Å². The van der Waals surface area contributed by atoms with Crippen molar-refractivity contribution in [1.82, 2.24) is 5.32 Å². The van der Waals surface area contributed by atoms with Gasteiger partial charge < -0.3 is 11.1 Å². The molecule has 3 atom stereocenters. The fourth-order valence-corrected chi connectivity index (χ4v) is 2.95. The summed E-state index contributed by atoms with van der Waals surface area (Å²) in [7, 11) is 0. The Morgan fingerprint density at radius 1 is 1.62 bits per heavy atom. The first-order chi connectivity index (χ1) is 7.66. The third-order valence-electron chi connectivity index (χ3n) is 3.17. The molecule has 88 valence electrons. The van der Waals surface area contributed by atoms with Gasteiger partial charge in [0, 0.05) is 10.9 Å². The first kappa shape index (κ1) is 11.6. The van der Waals surface area contributed by atoms with Gasteiger partial charge in [0.15, 0.2) is 0 Å². The molecule has 3 N–H and O–H groups in total. The second-order valence-corrected chi connectivity index (χ2v) is 5.60. The zero-order chi connectivity index (χ0) is 11.5. The van der Waals surface area contributed by atoms with E-state index in [1.165, 1.54) is 17.8 Å². The lowest BCUT2D eigenvalue weighted by Gasteiger charge is -2.15. The van der Waals surface area contributed by atoms with E-state index >= 15 is 0 Å². The Balaban J connectivity index is 1.88. The van der Waals surface area contributed by atoms with Crippen molar-refractivity contribution in [3.8, 4) is 0 Å². The van der Waals surface area contributed by atoms with Crippen LogP contribution in [0.5, 0.6) is 0 Å². The number of hydrogen-bond donors (Lipinski definition) is 2. The van der Waals surface area contributed by atoms with Gasteiger partial charge in [0.05, 0.1) is 0 Å². The molecular formula is C12H18N2OS. The number of nitrogens with one attached hydrogen (secondary N) is 1. The summed E-state index contributed by atoms with van der Waals surface area (Å²) in [5, 5.41) is 4.98. The molecule has 1 amide bonds. The summed E-state index contributed by atoms with van der Waals surface area (Å²) in [4.78, 5) is 12.8. The van der Waals surface area contributed by atoms with Gasteiger partial charge in [-0.1, -0.05) is 13.0 Å². The molecule has 3 nitrogen and oxygen atoms in total. The Labute approximate surface area is 100 Å². The van der Waals surface area contributed by atoms with Crippen molar-refractivity contribution < 1.29 is 4.79 Å². The number of hydrogen-bond acceptors (Lipinski definition) is 3. The summed E-state index contributed by atoms with van der Waals surface area (Å²) < 4.78 is 0. The second kappa shape index (κ2) is 4.97. The van der Waals surface area contributed by atoms with Crippen LogP contribution in [0.2, 0.25) is 0 Å². The summed E-state index contributed by atoms with van der Waals surface area (Å²) in [6, 6.07) is 3.65. The maximum absolute atomic E-state index is 11.9. The topological polar surface area (TPSA) is 55.1 Å². The van der Waals surface area contributed by atoms with Crippen LogP contribution in [0.4, 0.5) is 0 Å². The predicted molar refractivity (Wildman–Crippen MR) is 66.2 cm³/mol. The van der Waals surface area contributed by atoms with Crippen molar-refractivity contribution in [1.29, 1.82) is 0 Å². The molecule has 0 radical (unpaired) electrons. The maximum Gasteiger partial charge on any atom is 0.242 e. The zero-order valence-corrected chi connectivity index (χ0v) is 10.3. The van der Waals surface area contributed by atoms with Crippen LogP contribution in [0.25, 0.3) is 0 Å². The van der Waals surface area contributed by atoms with Crippen molar-refractivity contribution in [2.24, 2.45) is 11.7 Å². The monoisotopic (exact) mass is 238 g/mol. The van der Waals surface area contributed by atoms with Gasteiger partial charge in [-0.3, -0.25) is 4.79 Å². The van der Waals surface area contributed by atoms with Crippen LogP contribution in [0.3, 0.4) is 0 Å². The molecule has 3 unspecified atom stereocenters. The normalized spacial score (nSPS) is 26.6. The van der Waals surface area contributed by atoms with Crippen LogP contribution in [-0.4, -0.2) is 11.9 Å². The van der Waals surface area contributed by atoms with Crippen LogP contribution in [0.1, 0.15) is 37.1 Å². The van der Waals surface area contributed by atoms with Crippen molar-refractivity contribution in [3.63, 3.8) is 0 Å². The number of carbonyl (C=O) groups is 1. The quantitative estimate of drug-likeness (QED) is 0.847. The Bertz CT molecular complexity index is 350. The van der Waals surface area contributed by atoms with Gasteiger partial charge in [0.2, 0.25) is 5.91 Å². The van der Waals surface area contributed by atoms with Gasteiger partial charge in [-0.15, -0.1) is 11.3 Å². The van der Waals surface area contributed by atoms with Crippen LogP contribution in [0.15, 0.2) is 17.5 Å². The third kappa shape index (κ3) is 2.62. The molecule has 16 heavy (non-hydrogen) atoms. The Morgan fingerprint density at radius 2 is 2.44 bits per heavy atom. The second-order valence-electron chi connectivity index (χ2n) is 4.62. The van der Waals surface area contributed by atoms with Crippen LogP contribution in [0, 0.1) is 5.92 Å². The highest BCUT2D eigenvalue weighted by Crippen LogP contribution is 2.25. The largest absolute Gasteiger partial charge is 0.352 e. The van der Waals surface area contributed by atoms with Gasteiger partial charge in [0.1, 0.15) is 6.04 Å². The van der Waals surface area contributed by atoms with Gasteiger partial charge >= 0.3 is 0 Å². The highest BCUT2D eigenvalue weighted by molar-refractivity contribution is 7.10. The highest BCUT2D eigenvalue weighted by atomic mass is 32.1. The number of rotatable bonds is 3.